The minimum absolute atomic E-state index is 0.0401. The molecule has 0 amide bonds. The Balaban J connectivity index is 2.62. The minimum Gasteiger partial charge on any atom is -0.478 e. The Hall–Kier alpha value is -2.36. The van der Waals surface area contributed by atoms with Crippen molar-refractivity contribution in [3.8, 4) is 0 Å². The molecule has 0 bridgehead atoms. The van der Waals surface area contributed by atoms with Gasteiger partial charge in [-0.2, -0.15) is 0 Å². The zero-order valence-electron chi connectivity index (χ0n) is 8.97. The summed E-state index contributed by atoms with van der Waals surface area (Å²) in [5.74, 6) is -1.50. The van der Waals surface area contributed by atoms with Gasteiger partial charge in [-0.15, -0.1) is 6.58 Å². The van der Waals surface area contributed by atoms with Gasteiger partial charge in [-0.3, -0.25) is 0 Å². The molecule has 0 aliphatic carbocycles. The van der Waals surface area contributed by atoms with E-state index in [4.69, 9.17) is 9.84 Å². The molecule has 0 saturated heterocycles. The Morgan fingerprint density at radius 3 is 2.59 bits per heavy atom. The summed E-state index contributed by atoms with van der Waals surface area (Å²) in [5, 5.41) is 9.08. The predicted molar refractivity (Wildman–Crippen MR) is 61.2 cm³/mol. The van der Waals surface area contributed by atoms with Crippen LogP contribution in [0.1, 0.15) is 22.3 Å². The highest BCUT2D eigenvalue weighted by Gasteiger charge is 2.30. The van der Waals surface area contributed by atoms with Gasteiger partial charge in [-0.05, 0) is 6.07 Å². The highest BCUT2D eigenvalue weighted by molar-refractivity contribution is 6.07. The highest BCUT2D eigenvalue weighted by Crippen LogP contribution is 2.33. The van der Waals surface area contributed by atoms with Crippen LogP contribution in [-0.2, 0) is 9.53 Å². The van der Waals surface area contributed by atoms with Crippen LogP contribution in [0, 0.1) is 0 Å². The highest BCUT2D eigenvalue weighted by atomic mass is 16.5. The first kappa shape index (κ1) is 11.1. The average molecular weight is 230 g/mol. The Morgan fingerprint density at radius 1 is 1.35 bits per heavy atom. The normalized spacial score (nSPS) is 16.1. The number of carbonyl (C=O) groups excluding carboxylic acids is 1. The number of aliphatic carboxylic acids is 1. The molecular formula is C13H10O4. The number of carboxylic acid groups (broad SMARTS) is 1. The van der Waals surface area contributed by atoms with Crippen LogP contribution in [-0.4, -0.2) is 17.0 Å². The number of esters is 1. The second-order valence-corrected chi connectivity index (χ2v) is 3.54. The third-order valence-corrected chi connectivity index (χ3v) is 2.47. The second-order valence-electron chi connectivity index (χ2n) is 3.54. The molecule has 2 rings (SSSR count). The van der Waals surface area contributed by atoms with Crippen molar-refractivity contribution in [1.29, 1.82) is 0 Å². The van der Waals surface area contributed by atoms with E-state index in [9.17, 15) is 9.59 Å². The number of carbonyl (C=O) groups is 2. The van der Waals surface area contributed by atoms with E-state index in [0.29, 0.717) is 11.1 Å². The van der Waals surface area contributed by atoms with Crippen LogP contribution in [0.4, 0.5) is 0 Å². The topological polar surface area (TPSA) is 63.6 Å². The lowest BCUT2D eigenvalue weighted by Gasteiger charge is -2.03. The predicted octanol–water partition coefficient (Wildman–Crippen LogP) is 2.23. The molecule has 4 nitrogen and oxygen atoms in total. The molecule has 0 aromatic heterocycles. The van der Waals surface area contributed by atoms with Crippen molar-refractivity contribution in [2.75, 3.05) is 0 Å². The van der Waals surface area contributed by atoms with Gasteiger partial charge in [0.2, 0.25) is 0 Å². The minimum atomic E-state index is -1.11. The molecule has 1 aliphatic rings. The average Bonchev–Trinajstić information content (AvgIpc) is 2.64. The molecule has 1 aromatic rings. The van der Waals surface area contributed by atoms with Gasteiger partial charge in [-0.1, -0.05) is 24.3 Å². The fraction of sp³-hybridized carbons (Fsp3) is 0.0769. The molecule has 86 valence electrons. The van der Waals surface area contributed by atoms with E-state index in [-0.39, 0.29) is 17.8 Å². The van der Waals surface area contributed by atoms with Gasteiger partial charge >= 0.3 is 11.9 Å². The van der Waals surface area contributed by atoms with Gasteiger partial charge in [0.05, 0.1) is 11.1 Å². The maximum Gasteiger partial charge on any atom is 0.344 e. The van der Waals surface area contributed by atoms with Crippen LogP contribution < -0.4 is 0 Å². The number of benzene rings is 1. The monoisotopic (exact) mass is 230 g/mol. The van der Waals surface area contributed by atoms with E-state index in [0.717, 1.165) is 0 Å². The Kier molecular flexibility index (Phi) is 2.78. The summed E-state index contributed by atoms with van der Waals surface area (Å²) >= 11 is 0. The smallest absolute Gasteiger partial charge is 0.344 e. The van der Waals surface area contributed by atoms with Gasteiger partial charge in [0.1, 0.15) is 5.76 Å². The van der Waals surface area contributed by atoms with Crippen LogP contribution in [0.5, 0.6) is 0 Å². The van der Waals surface area contributed by atoms with Crippen LogP contribution in [0.25, 0.3) is 5.76 Å². The quantitative estimate of drug-likeness (QED) is 0.491. The Labute approximate surface area is 97.8 Å². The molecule has 17 heavy (non-hydrogen) atoms. The molecule has 0 fully saturated rings. The van der Waals surface area contributed by atoms with Crippen molar-refractivity contribution in [2.45, 2.75) is 6.42 Å². The van der Waals surface area contributed by atoms with Crippen LogP contribution in [0.3, 0.4) is 0 Å². The Morgan fingerprint density at radius 2 is 2.00 bits per heavy atom. The number of ether oxygens (including phenoxy) is 1. The molecule has 4 heteroatoms. The van der Waals surface area contributed by atoms with E-state index < -0.39 is 11.9 Å². The molecule has 0 spiro atoms. The molecular weight excluding hydrogens is 220 g/mol. The molecule has 0 radical (unpaired) electrons. The van der Waals surface area contributed by atoms with E-state index in [2.05, 4.69) is 6.58 Å². The first-order valence-corrected chi connectivity index (χ1v) is 5.04. The number of hydrogen-bond acceptors (Lipinski definition) is 3. The molecule has 1 N–H and O–H groups in total. The van der Waals surface area contributed by atoms with Crippen LogP contribution >= 0.6 is 0 Å². The summed E-state index contributed by atoms with van der Waals surface area (Å²) in [4.78, 5) is 22.6. The number of fused-ring (bicyclic) bond motifs is 1. The van der Waals surface area contributed by atoms with Gasteiger partial charge in [0, 0.05) is 12.0 Å². The van der Waals surface area contributed by atoms with Crippen molar-refractivity contribution in [1.82, 2.24) is 0 Å². The van der Waals surface area contributed by atoms with Crippen molar-refractivity contribution in [3.63, 3.8) is 0 Å². The Bertz CT molecular complexity index is 540. The molecule has 0 saturated carbocycles. The molecule has 1 aromatic carbocycles. The zero-order chi connectivity index (χ0) is 12.4. The number of cyclic esters (lactones) is 1. The number of rotatable bonds is 3. The van der Waals surface area contributed by atoms with E-state index in [1.807, 2.05) is 0 Å². The third kappa shape index (κ3) is 1.85. The van der Waals surface area contributed by atoms with Crippen molar-refractivity contribution in [2.24, 2.45) is 0 Å². The second kappa shape index (κ2) is 4.25. The first-order valence-electron chi connectivity index (χ1n) is 5.04. The fourth-order valence-corrected chi connectivity index (χ4v) is 1.71. The molecule has 0 atom stereocenters. The summed E-state index contributed by atoms with van der Waals surface area (Å²) in [7, 11) is 0. The SMILES string of the molecule is C=CCC(C(=O)O)=C1OC(=O)c2ccccc21. The third-order valence-electron chi connectivity index (χ3n) is 2.47. The summed E-state index contributed by atoms with van der Waals surface area (Å²) in [6, 6.07) is 6.71. The van der Waals surface area contributed by atoms with Crippen molar-refractivity contribution < 1.29 is 19.4 Å². The van der Waals surface area contributed by atoms with Crippen LogP contribution in [0.15, 0.2) is 42.5 Å². The fourth-order valence-electron chi connectivity index (χ4n) is 1.71. The first-order chi connectivity index (χ1) is 8.15. The zero-order valence-corrected chi connectivity index (χ0v) is 8.97. The summed E-state index contributed by atoms with van der Waals surface area (Å²) in [6.45, 7) is 3.49. The molecule has 1 heterocycles. The summed E-state index contributed by atoms with van der Waals surface area (Å²) < 4.78 is 5.02. The number of carboxylic acids is 1. The lowest BCUT2D eigenvalue weighted by molar-refractivity contribution is -0.132. The van der Waals surface area contributed by atoms with Gasteiger partial charge < -0.3 is 9.84 Å². The van der Waals surface area contributed by atoms with E-state index >= 15 is 0 Å². The number of allylic oxidation sites excluding steroid dienone is 1. The maximum atomic E-state index is 11.5. The molecule has 1 aliphatic heterocycles. The molecule has 0 unspecified atom stereocenters. The van der Waals surface area contributed by atoms with Crippen LogP contribution in [0.2, 0.25) is 0 Å². The number of hydrogen-bond donors (Lipinski definition) is 1. The van der Waals surface area contributed by atoms with Gasteiger partial charge in [-0.25, -0.2) is 9.59 Å². The van der Waals surface area contributed by atoms with Gasteiger partial charge in [0.25, 0.3) is 0 Å². The largest absolute Gasteiger partial charge is 0.478 e. The summed E-state index contributed by atoms with van der Waals surface area (Å²) in [5.41, 5.74) is 0.959. The van der Waals surface area contributed by atoms with Gasteiger partial charge in [0.15, 0.2) is 0 Å². The standard InChI is InChI=1S/C13H10O4/c1-2-5-10(12(14)15)11-8-6-3-4-7-9(8)13(16)17-11/h2-4,6-7H,1,5H2,(H,14,15). The lowest BCUT2D eigenvalue weighted by atomic mass is 10.0. The maximum absolute atomic E-state index is 11.5. The summed E-state index contributed by atoms with van der Waals surface area (Å²) in [6.07, 6.45) is 1.61. The van der Waals surface area contributed by atoms with Crippen molar-refractivity contribution in [3.05, 3.63) is 53.6 Å². The van der Waals surface area contributed by atoms with E-state index in [1.54, 1.807) is 24.3 Å². The lowest BCUT2D eigenvalue weighted by Crippen LogP contribution is -2.04. The van der Waals surface area contributed by atoms with Crippen molar-refractivity contribution >= 4 is 17.7 Å². The van der Waals surface area contributed by atoms with E-state index in [1.165, 1.54) is 6.08 Å².